The van der Waals surface area contributed by atoms with E-state index in [4.69, 9.17) is 11.6 Å². The third-order valence-corrected chi connectivity index (χ3v) is 3.49. The number of likely N-dealkylation sites (N-methyl/N-ethyl adjacent to an activating group) is 2. The smallest absolute Gasteiger partial charge is 0.246 e. The van der Waals surface area contributed by atoms with Gasteiger partial charge in [-0.15, -0.1) is 0 Å². The first kappa shape index (κ1) is 13.2. The first-order valence-electron chi connectivity index (χ1n) is 6.05. The van der Waals surface area contributed by atoms with Gasteiger partial charge in [-0.2, -0.15) is 0 Å². The van der Waals surface area contributed by atoms with Crippen LogP contribution in [0, 0.1) is 0 Å². The molecule has 1 unspecified atom stereocenters. The zero-order valence-corrected chi connectivity index (χ0v) is 11.4. The van der Waals surface area contributed by atoms with Crippen LogP contribution in [0.2, 0.25) is 5.02 Å². The molecule has 0 aromatic heterocycles. The number of nitrogens with zero attached hydrogens (tertiary/aromatic N) is 2. The third kappa shape index (κ3) is 2.60. The quantitative estimate of drug-likeness (QED) is 0.894. The summed E-state index contributed by atoms with van der Waals surface area (Å²) in [5.41, 5.74) is 1.00. The number of amides is 1. The average molecular weight is 268 g/mol. The summed E-state index contributed by atoms with van der Waals surface area (Å²) in [6.07, 6.45) is 0. The first-order chi connectivity index (χ1) is 8.63. The van der Waals surface area contributed by atoms with Gasteiger partial charge >= 0.3 is 0 Å². The maximum Gasteiger partial charge on any atom is 0.246 e. The Morgan fingerprint density at radius 1 is 1.44 bits per heavy atom. The van der Waals surface area contributed by atoms with E-state index in [0.29, 0.717) is 11.6 Å². The van der Waals surface area contributed by atoms with E-state index < -0.39 is 0 Å². The number of piperazine rings is 1. The zero-order chi connectivity index (χ0) is 13.1. The van der Waals surface area contributed by atoms with Crippen molar-refractivity contribution >= 4 is 23.2 Å². The monoisotopic (exact) mass is 267 g/mol. The van der Waals surface area contributed by atoms with Crippen LogP contribution in [0.1, 0.15) is 0 Å². The van der Waals surface area contributed by atoms with Gasteiger partial charge in [-0.25, -0.2) is 0 Å². The van der Waals surface area contributed by atoms with E-state index in [1.807, 2.05) is 38.4 Å². The molecule has 0 bridgehead atoms. The van der Waals surface area contributed by atoms with Gasteiger partial charge in [-0.3, -0.25) is 4.79 Å². The van der Waals surface area contributed by atoms with Crippen molar-refractivity contribution in [2.75, 3.05) is 38.6 Å². The molecule has 1 N–H and O–H groups in total. The molecule has 1 fully saturated rings. The molecule has 1 heterocycles. The second-order valence-corrected chi connectivity index (χ2v) is 4.94. The lowest BCUT2D eigenvalue weighted by Crippen LogP contribution is -2.59. The standard InChI is InChI=1S/C13H18ClN3O/c1-15-9-12-13(18)16(2)6-7-17(12)11-5-3-4-10(14)8-11/h3-5,8,12,15H,6-7,9H2,1-2H3. The van der Waals surface area contributed by atoms with Crippen LogP contribution in [0.3, 0.4) is 0 Å². The topological polar surface area (TPSA) is 35.6 Å². The van der Waals surface area contributed by atoms with Gasteiger partial charge in [-0.05, 0) is 25.2 Å². The molecule has 18 heavy (non-hydrogen) atoms. The Morgan fingerprint density at radius 3 is 2.89 bits per heavy atom. The number of hydrogen-bond acceptors (Lipinski definition) is 3. The first-order valence-corrected chi connectivity index (χ1v) is 6.43. The van der Waals surface area contributed by atoms with Crippen LogP contribution in [0.4, 0.5) is 5.69 Å². The summed E-state index contributed by atoms with van der Waals surface area (Å²) in [7, 11) is 3.71. The average Bonchev–Trinajstić information content (AvgIpc) is 2.35. The van der Waals surface area contributed by atoms with E-state index in [-0.39, 0.29) is 11.9 Å². The Hall–Kier alpha value is -1.26. The van der Waals surface area contributed by atoms with Crippen molar-refractivity contribution in [2.45, 2.75) is 6.04 Å². The molecular formula is C13H18ClN3O. The molecule has 0 spiro atoms. The summed E-state index contributed by atoms with van der Waals surface area (Å²) in [6.45, 7) is 2.20. The lowest BCUT2D eigenvalue weighted by Gasteiger charge is -2.40. The maximum absolute atomic E-state index is 12.2. The fourth-order valence-corrected chi connectivity index (χ4v) is 2.45. The summed E-state index contributed by atoms with van der Waals surface area (Å²) in [4.78, 5) is 16.1. The summed E-state index contributed by atoms with van der Waals surface area (Å²) >= 11 is 6.02. The third-order valence-electron chi connectivity index (χ3n) is 3.25. The fourth-order valence-electron chi connectivity index (χ4n) is 2.27. The predicted octanol–water partition coefficient (Wildman–Crippen LogP) is 1.21. The highest BCUT2D eigenvalue weighted by Crippen LogP contribution is 2.23. The van der Waals surface area contributed by atoms with Crippen molar-refractivity contribution in [2.24, 2.45) is 0 Å². The Labute approximate surface area is 113 Å². The molecule has 1 aliphatic heterocycles. The second-order valence-electron chi connectivity index (χ2n) is 4.51. The largest absolute Gasteiger partial charge is 0.357 e. The van der Waals surface area contributed by atoms with Crippen LogP contribution >= 0.6 is 11.6 Å². The van der Waals surface area contributed by atoms with Crippen LogP contribution in [-0.4, -0.2) is 50.6 Å². The molecule has 2 rings (SSSR count). The Kier molecular flexibility index (Phi) is 4.09. The molecule has 1 atom stereocenters. The molecule has 1 saturated heterocycles. The van der Waals surface area contributed by atoms with Gasteiger partial charge in [0.25, 0.3) is 0 Å². The van der Waals surface area contributed by atoms with Crippen LogP contribution in [0.15, 0.2) is 24.3 Å². The number of rotatable bonds is 3. The predicted molar refractivity (Wildman–Crippen MR) is 74.1 cm³/mol. The van der Waals surface area contributed by atoms with Crippen LogP contribution in [0.25, 0.3) is 0 Å². The van der Waals surface area contributed by atoms with E-state index in [0.717, 1.165) is 18.8 Å². The van der Waals surface area contributed by atoms with E-state index in [1.165, 1.54) is 0 Å². The molecule has 4 nitrogen and oxygen atoms in total. The van der Waals surface area contributed by atoms with Crippen LogP contribution < -0.4 is 10.2 Å². The zero-order valence-electron chi connectivity index (χ0n) is 10.7. The van der Waals surface area contributed by atoms with E-state index in [1.54, 1.807) is 4.90 Å². The molecule has 98 valence electrons. The van der Waals surface area contributed by atoms with Gasteiger partial charge in [0, 0.05) is 37.4 Å². The normalized spacial score (nSPS) is 20.4. The van der Waals surface area contributed by atoms with Crippen LogP contribution in [0.5, 0.6) is 0 Å². The van der Waals surface area contributed by atoms with E-state index in [9.17, 15) is 4.79 Å². The van der Waals surface area contributed by atoms with Crippen molar-refractivity contribution in [3.8, 4) is 0 Å². The van der Waals surface area contributed by atoms with Crippen molar-refractivity contribution < 1.29 is 4.79 Å². The molecule has 0 aliphatic carbocycles. The molecule has 0 radical (unpaired) electrons. The van der Waals surface area contributed by atoms with Gasteiger partial charge in [0.15, 0.2) is 0 Å². The molecule has 0 saturated carbocycles. The van der Waals surface area contributed by atoms with Gasteiger partial charge < -0.3 is 15.1 Å². The number of carbonyl (C=O) groups excluding carboxylic acids is 1. The lowest BCUT2D eigenvalue weighted by atomic mass is 10.1. The molecule has 1 aliphatic rings. The van der Waals surface area contributed by atoms with Gasteiger partial charge in [0.05, 0.1) is 0 Å². The minimum atomic E-state index is -0.160. The van der Waals surface area contributed by atoms with Gasteiger partial charge in [0.2, 0.25) is 5.91 Å². The number of carbonyl (C=O) groups is 1. The summed E-state index contributed by atoms with van der Waals surface area (Å²) in [5.74, 6) is 0.149. The number of halogens is 1. The van der Waals surface area contributed by atoms with E-state index in [2.05, 4.69) is 10.2 Å². The maximum atomic E-state index is 12.2. The Morgan fingerprint density at radius 2 is 2.22 bits per heavy atom. The highest BCUT2D eigenvalue weighted by molar-refractivity contribution is 6.30. The Balaban J connectivity index is 2.27. The van der Waals surface area contributed by atoms with Crippen molar-refractivity contribution in [1.82, 2.24) is 10.2 Å². The number of benzene rings is 1. The summed E-state index contributed by atoms with van der Waals surface area (Å²) in [5, 5.41) is 3.78. The molecule has 5 heteroatoms. The molecular weight excluding hydrogens is 250 g/mol. The number of anilines is 1. The number of hydrogen-bond donors (Lipinski definition) is 1. The molecule has 1 aromatic carbocycles. The summed E-state index contributed by atoms with van der Waals surface area (Å²) in [6, 6.07) is 7.50. The van der Waals surface area contributed by atoms with Crippen molar-refractivity contribution in [3.05, 3.63) is 29.3 Å². The SMILES string of the molecule is CNCC1C(=O)N(C)CCN1c1cccc(Cl)c1. The van der Waals surface area contributed by atoms with Crippen molar-refractivity contribution in [3.63, 3.8) is 0 Å². The van der Waals surface area contributed by atoms with Gasteiger partial charge in [-0.1, -0.05) is 17.7 Å². The summed E-state index contributed by atoms with van der Waals surface area (Å²) < 4.78 is 0. The highest BCUT2D eigenvalue weighted by atomic mass is 35.5. The second kappa shape index (κ2) is 5.59. The molecule has 1 amide bonds. The minimum absolute atomic E-state index is 0.149. The highest BCUT2D eigenvalue weighted by Gasteiger charge is 2.32. The minimum Gasteiger partial charge on any atom is -0.357 e. The lowest BCUT2D eigenvalue weighted by molar-refractivity contribution is -0.132. The Bertz CT molecular complexity index is 438. The van der Waals surface area contributed by atoms with Crippen molar-refractivity contribution in [1.29, 1.82) is 0 Å². The number of nitrogens with one attached hydrogen (secondary N) is 1. The van der Waals surface area contributed by atoms with Crippen LogP contribution in [-0.2, 0) is 4.79 Å². The van der Waals surface area contributed by atoms with Gasteiger partial charge in [0.1, 0.15) is 6.04 Å². The fraction of sp³-hybridized carbons (Fsp3) is 0.462. The molecule has 1 aromatic rings. The van der Waals surface area contributed by atoms with E-state index >= 15 is 0 Å².